The Kier molecular flexibility index (Phi) is 6.21. The predicted octanol–water partition coefficient (Wildman–Crippen LogP) is 3.03. The van der Waals surface area contributed by atoms with Gasteiger partial charge in [-0.15, -0.1) is 0 Å². The largest absolute Gasteiger partial charge is 0.356 e. The van der Waals surface area contributed by atoms with Crippen molar-refractivity contribution in [3.63, 3.8) is 0 Å². The zero-order valence-electron chi connectivity index (χ0n) is 17.5. The van der Waals surface area contributed by atoms with Crippen molar-refractivity contribution in [2.75, 3.05) is 6.54 Å². The van der Waals surface area contributed by atoms with Gasteiger partial charge in [0.25, 0.3) is 5.56 Å². The van der Waals surface area contributed by atoms with Crippen molar-refractivity contribution in [3.8, 4) is 5.69 Å². The molecule has 7 nitrogen and oxygen atoms in total. The first-order valence-electron chi connectivity index (χ1n) is 10.4. The van der Waals surface area contributed by atoms with Crippen molar-refractivity contribution in [2.24, 2.45) is 0 Å². The van der Waals surface area contributed by atoms with E-state index in [4.69, 9.17) is 0 Å². The Morgan fingerprint density at radius 3 is 2.61 bits per heavy atom. The second-order valence-corrected chi connectivity index (χ2v) is 7.56. The fourth-order valence-corrected chi connectivity index (χ4v) is 3.46. The lowest BCUT2D eigenvalue weighted by atomic mass is 10.1. The lowest BCUT2D eigenvalue weighted by Gasteiger charge is -2.08. The summed E-state index contributed by atoms with van der Waals surface area (Å²) in [6, 6.07) is 18.0. The van der Waals surface area contributed by atoms with Crippen LogP contribution in [0.5, 0.6) is 0 Å². The van der Waals surface area contributed by atoms with Crippen LogP contribution in [0.2, 0.25) is 0 Å². The maximum atomic E-state index is 12.8. The highest BCUT2D eigenvalue weighted by Crippen LogP contribution is 2.14. The molecule has 31 heavy (non-hydrogen) atoms. The van der Waals surface area contributed by atoms with E-state index in [2.05, 4.69) is 27.5 Å². The molecular formula is C24H25N5O2. The van der Waals surface area contributed by atoms with E-state index in [1.807, 2.05) is 49.4 Å². The van der Waals surface area contributed by atoms with Crippen LogP contribution in [0.1, 0.15) is 24.0 Å². The fourth-order valence-electron chi connectivity index (χ4n) is 3.46. The van der Waals surface area contributed by atoms with Gasteiger partial charge in [-0.1, -0.05) is 48.0 Å². The number of benzene rings is 2. The monoisotopic (exact) mass is 415 g/mol. The van der Waals surface area contributed by atoms with Crippen LogP contribution in [0, 0.1) is 6.92 Å². The third-order valence-electron chi connectivity index (χ3n) is 5.22. The maximum absolute atomic E-state index is 12.8. The molecule has 2 aromatic carbocycles. The van der Waals surface area contributed by atoms with Crippen LogP contribution >= 0.6 is 0 Å². The summed E-state index contributed by atoms with van der Waals surface area (Å²) < 4.78 is 3.12. The van der Waals surface area contributed by atoms with Gasteiger partial charge >= 0.3 is 0 Å². The average Bonchev–Trinajstić information content (AvgIpc) is 3.22. The third kappa shape index (κ3) is 4.88. The molecule has 158 valence electrons. The first-order valence-corrected chi connectivity index (χ1v) is 10.4. The smallest absolute Gasteiger partial charge is 0.264 e. The van der Waals surface area contributed by atoms with E-state index in [1.165, 1.54) is 22.7 Å². The van der Waals surface area contributed by atoms with Crippen LogP contribution in [-0.4, -0.2) is 31.8 Å². The highest BCUT2D eigenvalue weighted by Gasteiger charge is 2.12. The molecule has 0 aliphatic rings. The Hall–Kier alpha value is -3.74. The van der Waals surface area contributed by atoms with Crippen LogP contribution in [0.3, 0.4) is 0 Å². The molecule has 0 bridgehead atoms. The van der Waals surface area contributed by atoms with Crippen LogP contribution in [0.15, 0.2) is 71.9 Å². The fraction of sp³-hybridized carbons (Fsp3) is 0.250. The Morgan fingerprint density at radius 2 is 1.84 bits per heavy atom. The molecule has 0 saturated heterocycles. The Balaban J connectivity index is 1.34. The molecule has 0 fully saturated rings. The van der Waals surface area contributed by atoms with Gasteiger partial charge in [-0.25, -0.2) is 9.67 Å². The van der Waals surface area contributed by atoms with E-state index >= 15 is 0 Å². The van der Waals surface area contributed by atoms with Crippen molar-refractivity contribution < 1.29 is 4.79 Å². The van der Waals surface area contributed by atoms with Crippen molar-refractivity contribution in [1.82, 2.24) is 24.6 Å². The summed E-state index contributed by atoms with van der Waals surface area (Å²) >= 11 is 0. The highest BCUT2D eigenvalue weighted by molar-refractivity contribution is 5.76. The molecule has 4 rings (SSSR count). The molecule has 0 aliphatic heterocycles. The third-order valence-corrected chi connectivity index (χ3v) is 5.22. The zero-order chi connectivity index (χ0) is 21.6. The lowest BCUT2D eigenvalue weighted by molar-refractivity contribution is -0.121. The summed E-state index contributed by atoms with van der Waals surface area (Å²) in [4.78, 5) is 29.4. The molecule has 2 heterocycles. The van der Waals surface area contributed by atoms with Crippen molar-refractivity contribution in [3.05, 3.63) is 88.6 Å². The minimum Gasteiger partial charge on any atom is -0.356 e. The summed E-state index contributed by atoms with van der Waals surface area (Å²) in [5, 5.41) is 7.68. The number of carbonyl (C=O) groups excluding carboxylic acids is 1. The number of carbonyl (C=O) groups is 1. The normalized spacial score (nSPS) is 11.0. The van der Waals surface area contributed by atoms with Crippen LogP contribution in [0.4, 0.5) is 0 Å². The van der Waals surface area contributed by atoms with Crippen molar-refractivity contribution in [1.29, 1.82) is 0 Å². The first kappa shape index (κ1) is 20.5. The van der Waals surface area contributed by atoms with Crippen LogP contribution in [-0.2, 0) is 17.8 Å². The molecular weight excluding hydrogens is 390 g/mol. The minimum atomic E-state index is -0.194. The van der Waals surface area contributed by atoms with E-state index in [1.54, 1.807) is 4.68 Å². The van der Waals surface area contributed by atoms with Gasteiger partial charge in [-0.2, -0.15) is 5.10 Å². The summed E-state index contributed by atoms with van der Waals surface area (Å²) in [5.41, 5.74) is 3.57. The van der Waals surface area contributed by atoms with Gasteiger partial charge in [0.15, 0.2) is 5.65 Å². The second kappa shape index (κ2) is 9.38. The Labute approximate surface area is 180 Å². The number of nitrogens with one attached hydrogen (secondary N) is 1. The molecule has 4 aromatic rings. The lowest BCUT2D eigenvalue weighted by Crippen LogP contribution is -2.28. The van der Waals surface area contributed by atoms with Gasteiger partial charge in [-0.3, -0.25) is 14.2 Å². The number of rotatable bonds is 8. The zero-order valence-corrected chi connectivity index (χ0v) is 17.5. The maximum Gasteiger partial charge on any atom is 0.264 e. The molecule has 0 saturated carbocycles. The number of aromatic nitrogens is 4. The predicted molar refractivity (Wildman–Crippen MR) is 120 cm³/mol. The van der Waals surface area contributed by atoms with E-state index in [9.17, 15) is 9.59 Å². The molecule has 1 N–H and O–H groups in total. The molecule has 0 radical (unpaired) electrons. The van der Waals surface area contributed by atoms with Crippen LogP contribution < -0.4 is 10.9 Å². The van der Waals surface area contributed by atoms with Gasteiger partial charge in [-0.05, 0) is 37.5 Å². The standard InChI is InChI=1S/C24H25N5O2/c1-18-9-11-20(12-10-18)29-23-21(16-27-29)24(31)28(17-26-23)15-13-22(30)25-14-5-8-19-6-3-2-4-7-19/h2-4,6-7,9-12,16-17H,5,8,13-15H2,1H3,(H,25,30). The molecule has 0 unspecified atom stereocenters. The van der Waals surface area contributed by atoms with E-state index in [0.29, 0.717) is 17.6 Å². The van der Waals surface area contributed by atoms with E-state index in [-0.39, 0.29) is 24.4 Å². The quantitative estimate of drug-likeness (QED) is 0.449. The van der Waals surface area contributed by atoms with E-state index < -0.39 is 0 Å². The molecule has 7 heteroatoms. The summed E-state index contributed by atoms with van der Waals surface area (Å²) in [6.07, 6.45) is 5.04. The average molecular weight is 415 g/mol. The Morgan fingerprint density at radius 1 is 1.06 bits per heavy atom. The summed E-state index contributed by atoms with van der Waals surface area (Å²) in [7, 11) is 0. The topological polar surface area (TPSA) is 81.8 Å². The van der Waals surface area contributed by atoms with Crippen LogP contribution in [0.25, 0.3) is 16.7 Å². The van der Waals surface area contributed by atoms with Crippen molar-refractivity contribution in [2.45, 2.75) is 32.7 Å². The summed E-state index contributed by atoms with van der Waals surface area (Å²) in [6.45, 7) is 2.91. The SMILES string of the molecule is Cc1ccc(-n2ncc3c(=O)n(CCC(=O)NCCCc4ccccc4)cnc32)cc1. The van der Waals surface area contributed by atoms with Gasteiger partial charge in [0, 0.05) is 19.5 Å². The number of amides is 1. The minimum absolute atomic E-state index is 0.0737. The highest BCUT2D eigenvalue weighted by atomic mass is 16.1. The van der Waals surface area contributed by atoms with Gasteiger partial charge < -0.3 is 5.32 Å². The number of hydrogen-bond acceptors (Lipinski definition) is 4. The molecule has 1 amide bonds. The molecule has 2 aromatic heterocycles. The van der Waals surface area contributed by atoms with Gasteiger partial charge in [0.05, 0.1) is 18.2 Å². The first-order chi connectivity index (χ1) is 15.1. The number of hydrogen-bond donors (Lipinski definition) is 1. The molecule has 0 aliphatic carbocycles. The summed E-state index contributed by atoms with van der Waals surface area (Å²) in [5.74, 6) is -0.0737. The second-order valence-electron chi connectivity index (χ2n) is 7.56. The van der Waals surface area contributed by atoms with Gasteiger partial charge in [0.2, 0.25) is 5.91 Å². The molecule has 0 atom stereocenters. The molecule has 0 spiro atoms. The number of aryl methyl sites for hydroxylation is 3. The van der Waals surface area contributed by atoms with Gasteiger partial charge in [0.1, 0.15) is 5.39 Å². The number of nitrogens with zero attached hydrogens (tertiary/aromatic N) is 4. The van der Waals surface area contributed by atoms with Crippen molar-refractivity contribution >= 4 is 16.9 Å². The number of fused-ring (bicyclic) bond motifs is 1. The van der Waals surface area contributed by atoms with E-state index in [0.717, 1.165) is 24.1 Å². The Bertz CT molecular complexity index is 1230.